The molecular weight excluding hydrogens is 1260 g/mol. The number of hydrogen-bond donors (Lipinski definition) is 18. The van der Waals surface area contributed by atoms with E-state index in [1.54, 1.807) is 97.1 Å². The van der Waals surface area contributed by atoms with Crippen molar-refractivity contribution in [1.29, 1.82) is 0 Å². The van der Waals surface area contributed by atoms with Crippen LogP contribution in [0.15, 0.2) is 109 Å². The zero-order chi connectivity index (χ0) is 67.4. The van der Waals surface area contributed by atoms with Gasteiger partial charge < -0.3 is 130 Å². The minimum Gasteiger partial charge on any atom is -0.462 e. The molecular formula is C68H72N4O24. The molecule has 13 rings (SSSR count). The van der Waals surface area contributed by atoms with Gasteiger partial charge in [-0.05, 0) is 120 Å². The molecule has 2 aromatic heterocycles. The predicted molar refractivity (Wildman–Crippen MR) is 337 cm³/mol. The van der Waals surface area contributed by atoms with Crippen molar-refractivity contribution >= 4 is 35.3 Å². The zero-order valence-electron chi connectivity index (χ0n) is 50.8. The van der Waals surface area contributed by atoms with Crippen LogP contribution in [0.4, 0.5) is 0 Å². The van der Waals surface area contributed by atoms with E-state index in [1.807, 2.05) is 36.4 Å². The fourth-order valence-corrected chi connectivity index (χ4v) is 12.7. The average Bonchev–Trinajstić information content (AvgIpc) is 1.66. The number of aromatic amines is 2. The minimum absolute atomic E-state index is 0.201. The van der Waals surface area contributed by atoms with Gasteiger partial charge >= 0.3 is 0 Å². The van der Waals surface area contributed by atoms with Gasteiger partial charge in [-0.2, -0.15) is 0 Å². The average molecular weight is 1330 g/mol. The Balaban J connectivity index is 0.978. The van der Waals surface area contributed by atoms with Crippen molar-refractivity contribution in [2.45, 2.75) is 136 Å². The molecule has 96 heavy (non-hydrogen) atoms. The van der Waals surface area contributed by atoms with Crippen molar-refractivity contribution in [1.82, 2.24) is 19.9 Å². The zero-order valence-corrected chi connectivity index (χ0v) is 50.8. The third-order valence-corrected chi connectivity index (χ3v) is 18.0. The predicted octanol–water partition coefficient (Wildman–Crippen LogP) is -0.454. The Labute approximate surface area is 545 Å². The summed E-state index contributed by atoms with van der Waals surface area (Å²) in [6, 6.07) is 30.9. The standard InChI is InChI=1S/C68H72N4O24/c73-25-45-53(77)57(81)61(85)65(93-45)89-33-9-1-29(2-10-33)49-37-17-19-39(69-37)50(30-3-11-34(12-4-30)90-66-62(86)58(82)54(78)46(26-74)94-66)41-21-23-43(71-41)52(32-7-15-36(16-8-32)92-68-64(88)60(84)56(80)48(28-76)96-68)44-24-22-42(72-44)51(40-20-18-38(49)70-40)31-5-13-35(14-6-31)91-67-63(87)59(83)55(79)47(27-75)95-67/h1-21,23,45-48,53-69,72-88H,22,24-28H2/t45-,46-,47-,48-,53+,54+,55+,56+,57+,58+,59+,60+,61-,62-,63-,64-,65?,66?,67?,68?/m1/s1. The molecule has 0 spiro atoms. The number of aliphatic hydroxyl groups excluding tert-OH is 16. The molecule has 0 aliphatic carbocycles. The van der Waals surface area contributed by atoms with E-state index in [1.165, 1.54) is 0 Å². The van der Waals surface area contributed by atoms with Crippen LogP contribution in [0.1, 0.15) is 34.2 Å². The number of nitrogens with zero attached hydrogens (tertiary/aromatic N) is 2. The summed E-state index contributed by atoms with van der Waals surface area (Å²) in [6.45, 7) is -2.63. The molecule has 0 saturated carbocycles. The number of fused-ring (bicyclic) bond motifs is 8. The van der Waals surface area contributed by atoms with Crippen LogP contribution in [0.3, 0.4) is 0 Å². The highest BCUT2D eigenvalue weighted by atomic mass is 16.7. The van der Waals surface area contributed by atoms with Gasteiger partial charge in [0.2, 0.25) is 25.2 Å². The molecule has 18 N–H and O–H groups in total. The van der Waals surface area contributed by atoms with Crippen LogP contribution in [0.5, 0.6) is 23.0 Å². The second kappa shape index (κ2) is 27.9. The summed E-state index contributed by atoms with van der Waals surface area (Å²) in [7, 11) is 0. The van der Waals surface area contributed by atoms with E-state index in [0.717, 1.165) is 11.4 Å². The molecule has 7 aliphatic heterocycles. The van der Waals surface area contributed by atoms with Gasteiger partial charge in [0, 0.05) is 44.7 Å². The van der Waals surface area contributed by atoms with E-state index in [4.69, 9.17) is 47.9 Å². The van der Waals surface area contributed by atoms with Gasteiger partial charge in [0.05, 0.1) is 49.2 Å². The van der Waals surface area contributed by atoms with E-state index in [-0.39, 0.29) is 23.0 Å². The molecule has 4 unspecified atom stereocenters. The minimum atomic E-state index is -1.68. The highest BCUT2D eigenvalue weighted by molar-refractivity contribution is 5.97. The number of aliphatic hydroxyl groups is 16. The highest BCUT2D eigenvalue weighted by Gasteiger charge is 2.48. The van der Waals surface area contributed by atoms with Crippen LogP contribution < -0.4 is 18.9 Å². The first-order valence-corrected chi connectivity index (χ1v) is 31.1. The van der Waals surface area contributed by atoms with Crippen LogP contribution in [-0.4, -0.2) is 251 Å². The van der Waals surface area contributed by atoms with E-state index in [0.29, 0.717) is 91.2 Å². The largest absolute Gasteiger partial charge is 0.462 e. The van der Waals surface area contributed by atoms with Gasteiger partial charge in [-0.15, -0.1) is 0 Å². The van der Waals surface area contributed by atoms with Gasteiger partial charge in [-0.25, -0.2) is 9.97 Å². The van der Waals surface area contributed by atoms with E-state index in [9.17, 15) is 81.7 Å². The van der Waals surface area contributed by atoms with Crippen LogP contribution in [0.25, 0.3) is 79.8 Å². The Morgan fingerprint density at radius 2 is 0.542 bits per heavy atom. The summed E-state index contributed by atoms with van der Waals surface area (Å²) in [5.74, 6) is 0.824. The quantitative estimate of drug-likeness (QED) is 0.0582. The number of aromatic nitrogens is 4. The summed E-state index contributed by atoms with van der Waals surface area (Å²) in [4.78, 5) is 18.1. The third-order valence-electron chi connectivity index (χ3n) is 18.0. The van der Waals surface area contributed by atoms with Crippen molar-refractivity contribution in [3.8, 4) is 67.5 Å². The number of ether oxygens (including phenoxy) is 8. The molecule has 20 atom stereocenters. The lowest BCUT2D eigenvalue weighted by Crippen LogP contribution is -2.60. The molecule has 7 aliphatic rings. The molecule has 4 fully saturated rings. The van der Waals surface area contributed by atoms with Crippen molar-refractivity contribution in [3.05, 3.63) is 143 Å². The van der Waals surface area contributed by atoms with Gasteiger partial charge in [0.25, 0.3) is 0 Å². The highest BCUT2D eigenvalue weighted by Crippen LogP contribution is 2.42. The van der Waals surface area contributed by atoms with E-state index >= 15 is 0 Å². The van der Waals surface area contributed by atoms with Crippen molar-refractivity contribution in [2.24, 2.45) is 0 Å². The lowest BCUT2D eigenvalue weighted by atomic mass is 9.98. The molecule has 8 bridgehead atoms. The maximum atomic E-state index is 10.9. The summed E-state index contributed by atoms with van der Waals surface area (Å²) in [5.41, 5.74) is 9.60. The number of H-pyrrole nitrogens is 2. The first kappa shape index (κ1) is 66.7. The van der Waals surface area contributed by atoms with Crippen LogP contribution >= 0.6 is 0 Å². The monoisotopic (exact) mass is 1330 g/mol. The Morgan fingerprint density at radius 1 is 0.302 bits per heavy atom. The topological polar surface area (TPSA) is 455 Å². The van der Waals surface area contributed by atoms with Crippen LogP contribution in [-0.2, 0) is 31.8 Å². The SMILES string of the molecule is OC[C@H]1OC(Oc2ccc(-c3c4nc(c(-c5ccc(OC6O[C@H](CO)[C@H](O)[C@H](O)[C@H]6O)cc5)c5ccc([nH]5)c(-c5ccc(OC6O[C@H](CO)[C@H](O)[C@H](O)[C@H]6O)cc5)c5nc(c(-c6ccc(OC7O[C@H](CO)[C@H](O)[C@H](O)[C@H]7O)cc6)c6[nH]c3CC6)C=C5)C=C4)cc2)[C@H](O)[C@@H](O)[C@H]1O. The van der Waals surface area contributed by atoms with Gasteiger partial charge in [0.15, 0.2) is 0 Å². The van der Waals surface area contributed by atoms with Gasteiger partial charge in [0.1, 0.15) is 121 Å². The van der Waals surface area contributed by atoms with Gasteiger partial charge in [-0.1, -0.05) is 48.5 Å². The van der Waals surface area contributed by atoms with E-state index in [2.05, 4.69) is 9.97 Å². The van der Waals surface area contributed by atoms with Gasteiger partial charge in [-0.3, -0.25) is 0 Å². The molecule has 0 amide bonds. The summed E-state index contributed by atoms with van der Waals surface area (Å²) in [6.07, 6.45) is -22.3. The Bertz CT molecular complexity index is 3760. The van der Waals surface area contributed by atoms with Crippen molar-refractivity contribution in [2.75, 3.05) is 26.4 Å². The van der Waals surface area contributed by atoms with Crippen molar-refractivity contribution < 1.29 is 120 Å². The van der Waals surface area contributed by atoms with Crippen LogP contribution in [0, 0.1) is 0 Å². The number of aryl methyl sites for hydroxylation is 2. The maximum absolute atomic E-state index is 10.9. The second-order valence-electron chi connectivity index (χ2n) is 24.2. The molecule has 28 heteroatoms. The number of nitrogens with one attached hydrogen (secondary N) is 2. The lowest BCUT2D eigenvalue weighted by Gasteiger charge is -2.39. The molecule has 4 aromatic carbocycles. The smallest absolute Gasteiger partial charge is 0.229 e. The first-order valence-electron chi connectivity index (χ1n) is 31.1. The normalized spacial score (nSPS) is 31.6. The molecule has 9 heterocycles. The Hall–Kier alpha value is -7.86. The summed E-state index contributed by atoms with van der Waals surface area (Å²) < 4.78 is 46.6. The van der Waals surface area contributed by atoms with Crippen molar-refractivity contribution in [3.63, 3.8) is 0 Å². The Morgan fingerprint density at radius 3 is 0.792 bits per heavy atom. The molecule has 6 aromatic rings. The molecule has 508 valence electrons. The fourth-order valence-electron chi connectivity index (χ4n) is 12.7. The number of benzene rings is 4. The Kier molecular flexibility index (Phi) is 19.4. The summed E-state index contributed by atoms with van der Waals surface area (Å²) in [5, 5.41) is 167. The second-order valence-corrected chi connectivity index (χ2v) is 24.2. The first-order chi connectivity index (χ1) is 46.3. The third kappa shape index (κ3) is 12.9. The fraction of sp³-hybridized carbons (Fsp3) is 0.382. The molecule has 4 saturated heterocycles. The van der Waals surface area contributed by atoms with E-state index < -0.39 is 149 Å². The molecule has 0 radical (unpaired) electrons. The maximum Gasteiger partial charge on any atom is 0.229 e. The number of rotatable bonds is 16. The number of hydrogen-bond acceptors (Lipinski definition) is 26. The molecule has 28 nitrogen and oxygen atoms in total. The lowest BCUT2D eigenvalue weighted by molar-refractivity contribution is -0.277. The summed E-state index contributed by atoms with van der Waals surface area (Å²) >= 11 is 0. The van der Waals surface area contributed by atoms with Crippen LogP contribution in [0.2, 0.25) is 0 Å².